The molecule has 0 saturated heterocycles. The summed E-state index contributed by atoms with van der Waals surface area (Å²) in [5.74, 6) is 0.00742. The molecule has 5 heteroatoms. The standard InChI is InChI=1S/C19H18N4O/c1-2-23(13-15-6-8-20-9-7-15)19(24)17-5-3-4-16(10-17)18-11-21-14-22-12-18/h3-12,14H,2,13H2,1H3. The van der Waals surface area contributed by atoms with E-state index in [0.717, 1.165) is 16.7 Å². The van der Waals surface area contributed by atoms with Crippen molar-refractivity contribution >= 4 is 5.91 Å². The van der Waals surface area contributed by atoms with Crippen LogP contribution in [0.2, 0.25) is 0 Å². The predicted molar refractivity (Wildman–Crippen MR) is 92.1 cm³/mol. The number of nitrogens with zero attached hydrogens (tertiary/aromatic N) is 4. The number of hydrogen-bond donors (Lipinski definition) is 0. The highest BCUT2D eigenvalue weighted by atomic mass is 16.2. The quantitative estimate of drug-likeness (QED) is 0.725. The van der Waals surface area contributed by atoms with Crippen molar-refractivity contribution in [2.24, 2.45) is 0 Å². The number of carbonyl (C=O) groups is 1. The molecule has 3 rings (SSSR count). The van der Waals surface area contributed by atoms with E-state index in [-0.39, 0.29) is 5.91 Å². The lowest BCUT2D eigenvalue weighted by Crippen LogP contribution is -2.30. The van der Waals surface area contributed by atoms with Crippen molar-refractivity contribution in [2.75, 3.05) is 6.54 Å². The molecule has 24 heavy (non-hydrogen) atoms. The summed E-state index contributed by atoms with van der Waals surface area (Å²) >= 11 is 0. The molecule has 0 bridgehead atoms. The van der Waals surface area contributed by atoms with Crippen LogP contribution in [0.5, 0.6) is 0 Å². The zero-order valence-electron chi connectivity index (χ0n) is 13.5. The van der Waals surface area contributed by atoms with E-state index in [9.17, 15) is 4.79 Å². The smallest absolute Gasteiger partial charge is 0.254 e. The van der Waals surface area contributed by atoms with Crippen LogP contribution in [-0.4, -0.2) is 32.3 Å². The zero-order valence-corrected chi connectivity index (χ0v) is 13.5. The number of benzene rings is 1. The van der Waals surface area contributed by atoms with Gasteiger partial charge in [-0.3, -0.25) is 9.78 Å². The maximum absolute atomic E-state index is 12.8. The largest absolute Gasteiger partial charge is 0.335 e. The van der Waals surface area contributed by atoms with Crippen LogP contribution in [0.4, 0.5) is 0 Å². The van der Waals surface area contributed by atoms with Gasteiger partial charge in [-0.15, -0.1) is 0 Å². The number of hydrogen-bond acceptors (Lipinski definition) is 4. The van der Waals surface area contributed by atoms with Crippen molar-refractivity contribution in [3.8, 4) is 11.1 Å². The van der Waals surface area contributed by atoms with Crippen LogP contribution < -0.4 is 0 Å². The normalized spacial score (nSPS) is 10.4. The molecule has 0 fully saturated rings. The summed E-state index contributed by atoms with van der Waals surface area (Å²) in [6, 6.07) is 11.4. The Morgan fingerprint density at radius 3 is 2.46 bits per heavy atom. The van der Waals surface area contributed by atoms with Gasteiger partial charge in [0.05, 0.1) is 0 Å². The molecule has 0 saturated carbocycles. The third kappa shape index (κ3) is 3.63. The summed E-state index contributed by atoms with van der Waals surface area (Å²) in [6.07, 6.45) is 8.45. The van der Waals surface area contributed by atoms with Gasteiger partial charge in [0.2, 0.25) is 0 Å². The molecule has 5 nitrogen and oxygen atoms in total. The van der Waals surface area contributed by atoms with Gasteiger partial charge in [0.1, 0.15) is 6.33 Å². The van der Waals surface area contributed by atoms with Gasteiger partial charge in [-0.1, -0.05) is 12.1 Å². The Balaban J connectivity index is 1.83. The van der Waals surface area contributed by atoms with Crippen molar-refractivity contribution in [1.29, 1.82) is 0 Å². The van der Waals surface area contributed by atoms with Gasteiger partial charge in [0.25, 0.3) is 5.91 Å². The summed E-state index contributed by atoms with van der Waals surface area (Å²) in [6.45, 7) is 3.18. The first-order chi connectivity index (χ1) is 11.8. The van der Waals surface area contributed by atoms with Gasteiger partial charge in [-0.05, 0) is 42.3 Å². The van der Waals surface area contributed by atoms with Gasteiger partial charge in [0, 0.05) is 49.0 Å². The average molecular weight is 318 g/mol. The SMILES string of the molecule is CCN(Cc1ccncc1)C(=O)c1cccc(-c2cncnc2)c1. The molecule has 0 aliphatic carbocycles. The summed E-state index contributed by atoms with van der Waals surface area (Å²) in [4.78, 5) is 26.7. The minimum Gasteiger partial charge on any atom is -0.335 e. The molecule has 3 aromatic rings. The molecule has 0 spiro atoms. The first-order valence-electron chi connectivity index (χ1n) is 7.81. The highest BCUT2D eigenvalue weighted by Crippen LogP contribution is 2.20. The number of rotatable bonds is 5. The highest BCUT2D eigenvalue weighted by Gasteiger charge is 2.15. The number of carbonyl (C=O) groups excluding carboxylic acids is 1. The van der Waals surface area contributed by atoms with Crippen LogP contribution in [0, 0.1) is 0 Å². The van der Waals surface area contributed by atoms with E-state index < -0.39 is 0 Å². The molecule has 0 radical (unpaired) electrons. The Bertz CT molecular complexity index is 806. The molecule has 0 aliphatic heterocycles. The fraction of sp³-hybridized carbons (Fsp3) is 0.158. The van der Waals surface area contributed by atoms with Gasteiger partial charge >= 0.3 is 0 Å². The maximum atomic E-state index is 12.8. The first kappa shape index (κ1) is 15.8. The van der Waals surface area contributed by atoms with E-state index >= 15 is 0 Å². The van der Waals surface area contributed by atoms with E-state index in [1.54, 1.807) is 24.8 Å². The molecule has 1 aromatic carbocycles. The third-order valence-electron chi connectivity index (χ3n) is 3.80. The minimum absolute atomic E-state index is 0.00742. The van der Waals surface area contributed by atoms with Crippen LogP contribution >= 0.6 is 0 Å². The summed E-state index contributed by atoms with van der Waals surface area (Å²) < 4.78 is 0. The number of pyridine rings is 1. The van der Waals surface area contributed by atoms with E-state index in [4.69, 9.17) is 0 Å². The lowest BCUT2D eigenvalue weighted by atomic mass is 10.0. The van der Waals surface area contributed by atoms with Gasteiger partial charge in [-0.2, -0.15) is 0 Å². The molecule has 0 aliphatic rings. The van der Waals surface area contributed by atoms with Crippen LogP contribution in [0.3, 0.4) is 0 Å². The van der Waals surface area contributed by atoms with Crippen LogP contribution in [-0.2, 0) is 6.54 Å². The monoisotopic (exact) mass is 318 g/mol. The molecular weight excluding hydrogens is 300 g/mol. The second-order valence-corrected chi connectivity index (χ2v) is 5.38. The van der Waals surface area contributed by atoms with Gasteiger partial charge in [-0.25, -0.2) is 9.97 Å². The second kappa shape index (κ2) is 7.46. The van der Waals surface area contributed by atoms with Gasteiger partial charge in [0.15, 0.2) is 0 Å². The fourth-order valence-electron chi connectivity index (χ4n) is 2.50. The predicted octanol–water partition coefficient (Wildman–Crippen LogP) is 3.20. The summed E-state index contributed by atoms with van der Waals surface area (Å²) in [7, 11) is 0. The van der Waals surface area contributed by atoms with E-state index in [2.05, 4.69) is 15.0 Å². The van der Waals surface area contributed by atoms with Gasteiger partial charge < -0.3 is 4.90 Å². The van der Waals surface area contributed by atoms with Crippen LogP contribution in [0.1, 0.15) is 22.8 Å². The maximum Gasteiger partial charge on any atom is 0.254 e. The lowest BCUT2D eigenvalue weighted by Gasteiger charge is -2.21. The van der Waals surface area contributed by atoms with E-state index in [0.29, 0.717) is 18.7 Å². The van der Waals surface area contributed by atoms with Crippen LogP contribution in [0.15, 0.2) is 67.5 Å². The topological polar surface area (TPSA) is 59.0 Å². The number of aromatic nitrogens is 3. The Labute approximate surface area is 141 Å². The Morgan fingerprint density at radius 1 is 1.00 bits per heavy atom. The van der Waals surface area contributed by atoms with Crippen molar-refractivity contribution in [1.82, 2.24) is 19.9 Å². The molecular formula is C19H18N4O. The zero-order chi connectivity index (χ0) is 16.8. The second-order valence-electron chi connectivity index (χ2n) is 5.38. The Morgan fingerprint density at radius 2 is 1.75 bits per heavy atom. The van der Waals surface area contributed by atoms with Crippen molar-refractivity contribution < 1.29 is 4.79 Å². The average Bonchev–Trinajstić information content (AvgIpc) is 2.67. The fourth-order valence-corrected chi connectivity index (χ4v) is 2.50. The number of amides is 1. The molecule has 0 N–H and O–H groups in total. The molecule has 120 valence electrons. The van der Waals surface area contributed by atoms with Crippen molar-refractivity contribution in [3.05, 3.63) is 78.6 Å². The molecule has 2 heterocycles. The summed E-state index contributed by atoms with van der Waals surface area (Å²) in [5.41, 5.74) is 3.55. The lowest BCUT2D eigenvalue weighted by molar-refractivity contribution is 0.0752. The highest BCUT2D eigenvalue weighted by molar-refractivity contribution is 5.95. The first-order valence-corrected chi connectivity index (χ1v) is 7.81. The Kier molecular flexibility index (Phi) is 4.91. The molecule has 1 amide bonds. The van der Waals surface area contributed by atoms with Crippen molar-refractivity contribution in [2.45, 2.75) is 13.5 Å². The molecule has 0 unspecified atom stereocenters. The van der Waals surface area contributed by atoms with E-state index in [1.807, 2.05) is 48.2 Å². The third-order valence-corrected chi connectivity index (χ3v) is 3.80. The van der Waals surface area contributed by atoms with Crippen molar-refractivity contribution in [3.63, 3.8) is 0 Å². The summed E-state index contributed by atoms with van der Waals surface area (Å²) in [5, 5.41) is 0. The molecule has 0 atom stereocenters. The minimum atomic E-state index is 0.00742. The Hall–Kier alpha value is -3.08. The van der Waals surface area contributed by atoms with E-state index in [1.165, 1.54) is 6.33 Å². The molecule has 2 aromatic heterocycles. The van der Waals surface area contributed by atoms with Crippen LogP contribution in [0.25, 0.3) is 11.1 Å².